The summed E-state index contributed by atoms with van der Waals surface area (Å²) in [5.74, 6) is 1.26. The Balaban J connectivity index is 2.12. The van der Waals surface area contributed by atoms with Gasteiger partial charge in [-0.2, -0.15) is 0 Å². The van der Waals surface area contributed by atoms with Crippen LogP contribution >= 0.6 is 0 Å². The number of rotatable bonds is 2. The molecule has 0 aliphatic carbocycles. The van der Waals surface area contributed by atoms with Crippen molar-refractivity contribution in [2.75, 3.05) is 20.2 Å². The molecule has 1 aromatic rings. The van der Waals surface area contributed by atoms with Gasteiger partial charge in [-0.1, -0.05) is 0 Å². The number of carbonyl (C=O) groups is 1. The van der Waals surface area contributed by atoms with Crippen molar-refractivity contribution in [3.63, 3.8) is 0 Å². The number of carbonyl (C=O) groups excluding carboxylic acids is 1. The standard InChI is InChI=1S/C10H14N4O2/c1-16-7-5-13-10(14-6-7)8-4-9(15)12-3-2-11-8/h5-6,8,11H,2-4H2,1H3,(H,12,15). The Hall–Kier alpha value is -1.69. The first-order chi connectivity index (χ1) is 7.79. The molecule has 1 aromatic heterocycles. The highest BCUT2D eigenvalue weighted by atomic mass is 16.5. The van der Waals surface area contributed by atoms with Crippen LogP contribution in [0.4, 0.5) is 0 Å². The SMILES string of the molecule is COc1cnc(C2CC(=O)NCCN2)nc1. The van der Waals surface area contributed by atoms with E-state index in [9.17, 15) is 4.79 Å². The number of hydrogen-bond acceptors (Lipinski definition) is 5. The zero-order valence-electron chi connectivity index (χ0n) is 9.06. The van der Waals surface area contributed by atoms with E-state index < -0.39 is 0 Å². The smallest absolute Gasteiger partial charge is 0.222 e. The van der Waals surface area contributed by atoms with Gasteiger partial charge < -0.3 is 15.4 Å². The van der Waals surface area contributed by atoms with Crippen LogP contribution in [0.15, 0.2) is 12.4 Å². The highest BCUT2D eigenvalue weighted by Crippen LogP contribution is 2.15. The molecule has 1 fully saturated rings. The first kappa shape index (κ1) is 10.8. The Bertz CT molecular complexity index is 366. The zero-order chi connectivity index (χ0) is 11.4. The van der Waals surface area contributed by atoms with Crippen molar-refractivity contribution >= 4 is 5.91 Å². The maximum absolute atomic E-state index is 11.4. The van der Waals surface area contributed by atoms with Crippen LogP contribution in [0.1, 0.15) is 18.3 Å². The molecule has 0 spiro atoms. The molecule has 0 bridgehead atoms. The average molecular weight is 222 g/mol. The van der Waals surface area contributed by atoms with E-state index in [1.54, 1.807) is 19.5 Å². The summed E-state index contributed by atoms with van der Waals surface area (Å²) in [6.07, 6.45) is 3.58. The number of nitrogens with one attached hydrogen (secondary N) is 2. The van der Waals surface area contributed by atoms with Crippen molar-refractivity contribution in [1.82, 2.24) is 20.6 Å². The van der Waals surface area contributed by atoms with Gasteiger partial charge >= 0.3 is 0 Å². The number of ether oxygens (including phenoxy) is 1. The van der Waals surface area contributed by atoms with Crippen LogP contribution in [0.2, 0.25) is 0 Å². The molecule has 1 atom stereocenters. The molecule has 2 N–H and O–H groups in total. The second-order valence-corrected chi connectivity index (χ2v) is 3.54. The fourth-order valence-electron chi connectivity index (χ4n) is 1.57. The minimum absolute atomic E-state index is 0.0226. The molecule has 1 saturated heterocycles. The molecule has 1 amide bonds. The van der Waals surface area contributed by atoms with E-state index in [0.717, 1.165) is 6.54 Å². The number of nitrogens with zero attached hydrogens (tertiary/aromatic N) is 2. The summed E-state index contributed by atoms with van der Waals surface area (Å²) < 4.78 is 4.98. The van der Waals surface area contributed by atoms with Gasteiger partial charge in [-0.3, -0.25) is 4.79 Å². The van der Waals surface area contributed by atoms with Gasteiger partial charge in [0.1, 0.15) is 5.82 Å². The molecule has 6 nitrogen and oxygen atoms in total. The maximum atomic E-state index is 11.4. The van der Waals surface area contributed by atoms with Crippen LogP contribution in [-0.2, 0) is 4.79 Å². The van der Waals surface area contributed by atoms with Gasteiger partial charge in [0.25, 0.3) is 0 Å². The molecule has 0 aromatic carbocycles. The molecule has 1 unspecified atom stereocenters. The van der Waals surface area contributed by atoms with Crippen molar-refractivity contribution in [2.45, 2.75) is 12.5 Å². The number of methoxy groups -OCH3 is 1. The summed E-state index contributed by atoms with van der Waals surface area (Å²) in [5.41, 5.74) is 0. The predicted molar refractivity (Wildman–Crippen MR) is 57.0 cm³/mol. The molecule has 0 saturated carbocycles. The molecule has 16 heavy (non-hydrogen) atoms. The van der Waals surface area contributed by atoms with Crippen molar-refractivity contribution < 1.29 is 9.53 Å². The fourth-order valence-corrected chi connectivity index (χ4v) is 1.57. The molecule has 1 aliphatic rings. The molecule has 2 rings (SSSR count). The fraction of sp³-hybridized carbons (Fsp3) is 0.500. The highest BCUT2D eigenvalue weighted by Gasteiger charge is 2.20. The lowest BCUT2D eigenvalue weighted by Gasteiger charge is -2.12. The normalized spacial score (nSPS) is 21.1. The summed E-state index contributed by atoms with van der Waals surface area (Å²) in [5, 5.41) is 6.00. The molecular weight excluding hydrogens is 208 g/mol. The third-order valence-electron chi connectivity index (χ3n) is 2.42. The van der Waals surface area contributed by atoms with Gasteiger partial charge in [0.15, 0.2) is 5.75 Å². The van der Waals surface area contributed by atoms with E-state index in [0.29, 0.717) is 24.5 Å². The minimum atomic E-state index is -0.117. The summed E-state index contributed by atoms with van der Waals surface area (Å²) >= 11 is 0. The lowest BCUT2D eigenvalue weighted by Crippen LogP contribution is -2.25. The van der Waals surface area contributed by atoms with Crippen molar-refractivity contribution in [3.05, 3.63) is 18.2 Å². The van der Waals surface area contributed by atoms with Crippen LogP contribution in [0.25, 0.3) is 0 Å². The molecule has 0 radical (unpaired) electrons. The summed E-state index contributed by atoms with van der Waals surface area (Å²) in [7, 11) is 1.57. The second kappa shape index (κ2) is 4.89. The monoisotopic (exact) mass is 222 g/mol. The van der Waals surface area contributed by atoms with Gasteiger partial charge in [0, 0.05) is 19.5 Å². The van der Waals surface area contributed by atoms with E-state index in [1.165, 1.54) is 0 Å². The van der Waals surface area contributed by atoms with Gasteiger partial charge in [-0.25, -0.2) is 9.97 Å². The van der Waals surface area contributed by atoms with Gasteiger partial charge in [-0.05, 0) is 0 Å². The van der Waals surface area contributed by atoms with Crippen LogP contribution < -0.4 is 15.4 Å². The quantitative estimate of drug-likeness (QED) is 0.714. The Kier molecular flexibility index (Phi) is 3.31. The van der Waals surface area contributed by atoms with E-state index in [-0.39, 0.29) is 11.9 Å². The molecule has 6 heteroatoms. The van der Waals surface area contributed by atoms with Gasteiger partial charge in [0.2, 0.25) is 5.91 Å². The van der Waals surface area contributed by atoms with Crippen LogP contribution in [-0.4, -0.2) is 36.1 Å². The van der Waals surface area contributed by atoms with Crippen LogP contribution in [0.5, 0.6) is 5.75 Å². The maximum Gasteiger partial charge on any atom is 0.222 e. The zero-order valence-corrected chi connectivity index (χ0v) is 9.06. The van der Waals surface area contributed by atoms with E-state index in [2.05, 4.69) is 20.6 Å². The summed E-state index contributed by atoms with van der Waals surface area (Å²) in [6, 6.07) is -0.117. The Morgan fingerprint density at radius 2 is 2.12 bits per heavy atom. The van der Waals surface area contributed by atoms with E-state index >= 15 is 0 Å². The van der Waals surface area contributed by atoms with Gasteiger partial charge in [-0.15, -0.1) is 0 Å². The topological polar surface area (TPSA) is 76.1 Å². The lowest BCUT2D eigenvalue weighted by atomic mass is 10.2. The first-order valence-corrected chi connectivity index (χ1v) is 5.15. The summed E-state index contributed by atoms with van der Waals surface area (Å²) in [6.45, 7) is 1.37. The van der Waals surface area contributed by atoms with Crippen molar-refractivity contribution in [2.24, 2.45) is 0 Å². The summed E-state index contributed by atoms with van der Waals surface area (Å²) in [4.78, 5) is 19.7. The van der Waals surface area contributed by atoms with Crippen molar-refractivity contribution in [1.29, 1.82) is 0 Å². The predicted octanol–water partition coefficient (Wildman–Crippen LogP) is -0.364. The third-order valence-corrected chi connectivity index (χ3v) is 2.42. The highest BCUT2D eigenvalue weighted by molar-refractivity contribution is 5.76. The molecule has 1 aliphatic heterocycles. The third kappa shape index (κ3) is 2.46. The molecule has 2 heterocycles. The number of hydrogen-bond donors (Lipinski definition) is 2. The largest absolute Gasteiger partial charge is 0.494 e. The average Bonchev–Trinajstić information content (AvgIpc) is 2.54. The van der Waals surface area contributed by atoms with E-state index in [4.69, 9.17) is 4.74 Å². The second-order valence-electron chi connectivity index (χ2n) is 3.54. The first-order valence-electron chi connectivity index (χ1n) is 5.15. The Morgan fingerprint density at radius 1 is 1.38 bits per heavy atom. The molecular formula is C10H14N4O2. The molecule has 86 valence electrons. The van der Waals surface area contributed by atoms with Crippen molar-refractivity contribution in [3.8, 4) is 5.75 Å². The Labute approximate surface area is 93.4 Å². The number of aromatic nitrogens is 2. The van der Waals surface area contributed by atoms with Crippen LogP contribution in [0.3, 0.4) is 0 Å². The minimum Gasteiger partial charge on any atom is -0.494 e. The van der Waals surface area contributed by atoms with Gasteiger partial charge in [0.05, 0.1) is 25.5 Å². The van der Waals surface area contributed by atoms with E-state index in [1.807, 2.05) is 0 Å². The Morgan fingerprint density at radius 3 is 2.81 bits per heavy atom. The van der Waals surface area contributed by atoms with Crippen LogP contribution in [0, 0.1) is 0 Å². The number of amides is 1. The lowest BCUT2D eigenvalue weighted by molar-refractivity contribution is -0.121.